The molecule has 0 unspecified atom stereocenters. The van der Waals surface area contributed by atoms with Crippen LogP contribution in [0.5, 0.6) is 0 Å². The van der Waals surface area contributed by atoms with E-state index in [1.54, 1.807) is 18.2 Å². The molecule has 0 saturated carbocycles. The van der Waals surface area contributed by atoms with Crippen LogP contribution in [0.2, 0.25) is 0 Å². The molecule has 0 aliphatic rings. The van der Waals surface area contributed by atoms with Crippen LogP contribution in [0.4, 0.5) is 4.39 Å². The first kappa shape index (κ1) is 16.7. The number of benzene rings is 2. The number of carbonyl (C=O) groups is 2. The van der Waals surface area contributed by atoms with E-state index < -0.39 is 17.8 Å². The Kier molecular flexibility index (Phi) is 5.86. The minimum Gasteiger partial charge on any atom is -0.462 e. The Bertz CT molecular complexity index is 697. The number of carbonyl (C=O) groups excluding carboxylic acids is 2. The topological polar surface area (TPSA) is 52.6 Å². The van der Waals surface area contributed by atoms with E-state index in [2.05, 4.69) is 0 Å². The van der Waals surface area contributed by atoms with Crippen molar-refractivity contribution in [3.63, 3.8) is 0 Å². The van der Waals surface area contributed by atoms with E-state index in [1.165, 1.54) is 30.3 Å². The second-order valence-electron chi connectivity index (χ2n) is 4.89. The molecule has 0 saturated heterocycles. The molecule has 0 heterocycles. The van der Waals surface area contributed by atoms with Crippen LogP contribution in [-0.4, -0.2) is 18.5 Å². The van der Waals surface area contributed by atoms with Crippen LogP contribution in [0, 0.1) is 5.82 Å². The lowest BCUT2D eigenvalue weighted by molar-refractivity contribution is 0.0438. The van der Waals surface area contributed by atoms with Crippen molar-refractivity contribution in [3.8, 4) is 0 Å². The Morgan fingerprint density at radius 2 is 1.61 bits per heavy atom. The van der Waals surface area contributed by atoms with Crippen molar-refractivity contribution in [1.82, 2.24) is 0 Å². The highest BCUT2D eigenvalue weighted by molar-refractivity contribution is 6.03. The van der Waals surface area contributed by atoms with Gasteiger partial charge in [-0.05, 0) is 36.2 Å². The van der Waals surface area contributed by atoms with Crippen LogP contribution >= 0.6 is 0 Å². The van der Waals surface area contributed by atoms with Gasteiger partial charge in [0.15, 0.2) is 0 Å². The van der Waals surface area contributed by atoms with Crippen LogP contribution in [0.25, 0.3) is 0 Å². The van der Waals surface area contributed by atoms with Gasteiger partial charge in [0.1, 0.15) is 12.4 Å². The van der Waals surface area contributed by atoms with Crippen molar-refractivity contribution in [2.24, 2.45) is 0 Å². The molecule has 0 radical (unpaired) electrons. The molecule has 23 heavy (non-hydrogen) atoms. The molecule has 4 nitrogen and oxygen atoms in total. The summed E-state index contributed by atoms with van der Waals surface area (Å²) < 4.78 is 23.3. The number of hydrogen-bond donors (Lipinski definition) is 0. The molecular weight excluding hydrogens is 299 g/mol. The summed E-state index contributed by atoms with van der Waals surface area (Å²) in [6.45, 7) is 2.09. The summed E-state index contributed by atoms with van der Waals surface area (Å²) in [4.78, 5) is 24.1. The highest BCUT2D eigenvalue weighted by Gasteiger charge is 2.18. The van der Waals surface area contributed by atoms with Gasteiger partial charge >= 0.3 is 11.9 Å². The SMILES string of the molecule is CCCOC(=O)c1ccccc1C(=O)OCc1cccc(F)c1. The first-order valence-corrected chi connectivity index (χ1v) is 7.29. The zero-order chi connectivity index (χ0) is 16.7. The smallest absolute Gasteiger partial charge is 0.339 e. The van der Waals surface area contributed by atoms with Gasteiger partial charge in [0.25, 0.3) is 0 Å². The number of halogens is 1. The summed E-state index contributed by atoms with van der Waals surface area (Å²) in [5, 5.41) is 0. The molecule has 5 heteroatoms. The second-order valence-corrected chi connectivity index (χ2v) is 4.89. The van der Waals surface area contributed by atoms with Gasteiger partial charge in [0, 0.05) is 0 Å². The largest absolute Gasteiger partial charge is 0.462 e. The van der Waals surface area contributed by atoms with E-state index in [0.717, 1.165) is 0 Å². The quantitative estimate of drug-likeness (QED) is 0.762. The molecule has 0 atom stereocenters. The minimum atomic E-state index is -0.654. The van der Waals surface area contributed by atoms with Gasteiger partial charge in [-0.3, -0.25) is 0 Å². The maximum Gasteiger partial charge on any atom is 0.339 e. The summed E-state index contributed by atoms with van der Waals surface area (Å²) in [5.74, 6) is -1.62. The molecule has 0 aliphatic carbocycles. The van der Waals surface area contributed by atoms with E-state index >= 15 is 0 Å². The second kappa shape index (κ2) is 8.08. The molecule has 2 rings (SSSR count). The number of ether oxygens (including phenoxy) is 2. The summed E-state index contributed by atoms with van der Waals surface area (Å²) in [5.41, 5.74) is 0.819. The van der Waals surface area contributed by atoms with E-state index in [1.807, 2.05) is 6.92 Å². The molecule has 0 spiro atoms. The third-order valence-electron chi connectivity index (χ3n) is 3.06. The molecule has 0 bridgehead atoms. The first-order chi connectivity index (χ1) is 11.1. The van der Waals surface area contributed by atoms with E-state index in [9.17, 15) is 14.0 Å². The maximum absolute atomic E-state index is 13.1. The fourth-order valence-corrected chi connectivity index (χ4v) is 1.97. The van der Waals surface area contributed by atoms with Gasteiger partial charge in [-0.15, -0.1) is 0 Å². The Hall–Kier alpha value is -2.69. The Morgan fingerprint density at radius 3 is 2.22 bits per heavy atom. The van der Waals surface area contributed by atoms with Gasteiger partial charge in [-0.25, -0.2) is 14.0 Å². The molecule has 0 amide bonds. The molecule has 120 valence electrons. The highest BCUT2D eigenvalue weighted by Crippen LogP contribution is 2.14. The highest BCUT2D eigenvalue weighted by atomic mass is 19.1. The number of hydrogen-bond acceptors (Lipinski definition) is 4. The van der Waals surface area contributed by atoms with Gasteiger partial charge in [-0.2, -0.15) is 0 Å². The normalized spacial score (nSPS) is 10.2. The number of esters is 2. The van der Waals surface area contributed by atoms with Crippen molar-refractivity contribution in [3.05, 3.63) is 71.0 Å². The van der Waals surface area contributed by atoms with Crippen LogP contribution in [0.3, 0.4) is 0 Å². The van der Waals surface area contributed by atoms with E-state index in [4.69, 9.17) is 9.47 Å². The maximum atomic E-state index is 13.1. The minimum absolute atomic E-state index is 0.0745. The molecule has 0 fully saturated rings. The predicted molar refractivity (Wildman–Crippen MR) is 82.5 cm³/mol. The average molecular weight is 316 g/mol. The Morgan fingerprint density at radius 1 is 0.957 bits per heavy atom. The number of rotatable bonds is 6. The fraction of sp³-hybridized carbons (Fsp3) is 0.222. The van der Waals surface area contributed by atoms with Crippen molar-refractivity contribution >= 4 is 11.9 Å². The third-order valence-corrected chi connectivity index (χ3v) is 3.06. The van der Waals surface area contributed by atoms with Crippen LogP contribution in [-0.2, 0) is 16.1 Å². The zero-order valence-corrected chi connectivity index (χ0v) is 12.8. The summed E-state index contributed by atoms with van der Waals surface area (Å²) in [7, 11) is 0. The van der Waals surface area contributed by atoms with Crippen LogP contribution < -0.4 is 0 Å². The Labute approximate surface area is 133 Å². The van der Waals surface area contributed by atoms with Gasteiger partial charge in [-0.1, -0.05) is 31.2 Å². The molecule has 0 N–H and O–H groups in total. The molecular formula is C18H17FO4. The zero-order valence-electron chi connectivity index (χ0n) is 12.8. The standard InChI is InChI=1S/C18H17FO4/c1-2-10-22-17(20)15-8-3-4-9-16(15)18(21)23-12-13-6-5-7-14(19)11-13/h3-9,11H,2,10,12H2,1H3. The van der Waals surface area contributed by atoms with Crippen LogP contribution in [0.15, 0.2) is 48.5 Å². The summed E-state index contributed by atoms with van der Waals surface area (Å²) in [6.07, 6.45) is 0.692. The molecule has 0 aliphatic heterocycles. The van der Waals surface area contributed by atoms with Crippen molar-refractivity contribution in [2.75, 3.05) is 6.61 Å². The van der Waals surface area contributed by atoms with Gasteiger partial charge in [0.2, 0.25) is 0 Å². The summed E-state index contributed by atoms with van der Waals surface area (Å²) >= 11 is 0. The van der Waals surface area contributed by atoms with E-state index in [-0.39, 0.29) is 24.3 Å². The van der Waals surface area contributed by atoms with Gasteiger partial charge in [0.05, 0.1) is 17.7 Å². The predicted octanol–water partition coefficient (Wildman–Crippen LogP) is 3.75. The van der Waals surface area contributed by atoms with Crippen molar-refractivity contribution < 1.29 is 23.5 Å². The lowest BCUT2D eigenvalue weighted by atomic mass is 10.1. The van der Waals surface area contributed by atoms with Crippen LogP contribution in [0.1, 0.15) is 39.6 Å². The fourth-order valence-electron chi connectivity index (χ4n) is 1.97. The van der Waals surface area contributed by atoms with Crippen molar-refractivity contribution in [2.45, 2.75) is 20.0 Å². The molecule has 0 aromatic heterocycles. The first-order valence-electron chi connectivity index (χ1n) is 7.29. The molecule has 2 aromatic carbocycles. The summed E-state index contributed by atoms with van der Waals surface area (Å²) in [6, 6.07) is 12.1. The molecule has 2 aromatic rings. The van der Waals surface area contributed by atoms with Crippen molar-refractivity contribution in [1.29, 1.82) is 0 Å². The van der Waals surface area contributed by atoms with Gasteiger partial charge < -0.3 is 9.47 Å². The monoisotopic (exact) mass is 316 g/mol. The van der Waals surface area contributed by atoms with E-state index in [0.29, 0.717) is 12.0 Å². The lowest BCUT2D eigenvalue weighted by Gasteiger charge is -2.09. The third kappa shape index (κ3) is 4.64. The lowest BCUT2D eigenvalue weighted by Crippen LogP contribution is -2.14. The average Bonchev–Trinajstić information content (AvgIpc) is 2.57. The Balaban J connectivity index is 2.08.